The zero-order valence-corrected chi connectivity index (χ0v) is 14.8. The first-order chi connectivity index (χ1) is 13.1. The van der Waals surface area contributed by atoms with Crippen molar-refractivity contribution in [1.82, 2.24) is 10.2 Å². The quantitative estimate of drug-likeness (QED) is 0.854. The van der Waals surface area contributed by atoms with Gasteiger partial charge < -0.3 is 10.4 Å². The van der Waals surface area contributed by atoms with Crippen molar-refractivity contribution >= 4 is 12.0 Å². The Bertz CT molecular complexity index is 843. The van der Waals surface area contributed by atoms with E-state index in [4.69, 9.17) is 5.11 Å². The van der Waals surface area contributed by atoms with Gasteiger partial charge in [0.25, 0.3) is 0 Å². The fraction of sp³-hybridized carbons (Fsp3) is 0.286. The molecule has 2 aromatic carbocycles. The van der Waals surface area contributed by atoms with E-state index in [0.29, 0.717) is 25.8 Å². The highest BCUT2D eigenvalue weighted by molar-refractivity contribution is 5.86. The minimum absolute atomic E-state index is 0.353. The molecule has 2 aromatic rings. The van der Waals surface area contributed by atoms with E-state index in [0.717, 1.165) is 21.6 Å². The van der Waals surface area contributed by atoms with Gasteiger partial charge in [-0.05, 0) is 29.5 Å². The lowest BCUT2D eigenvalue weighted by atomic mass is 10.0. The Morgan fingerprint density at radius 1 is 1.15 bits per heavy atom. The Morgan fingerprint density at radius 3 is 2.44 bits per heavy atom. The highest BCUT2D eigenvalue weighted by Crippen LogP contribution is 2.20. The van der Waals surface area contributed by atoms with E-state index in [9.17, 15) is 14.9 Å². The fourth-order valence-electron chi connectivity index (χ4n) is 3.36. The summed E-state index contributed by atoms with van der Waals surface area (Å²) in [5.74, 6) is -0.401. The Labute approximate surface area is 158 Å². The van der Waals surface area contributed by atoms with E-state index in [1.54, 1.807) is 0 Å². The molecule has 3 rings (SSSR count). The molecule has 2 N–H and O–H groups in total. The van der Waals surface area contributed by atoms with Crippen molar-refractivity contribution in [2.45, 2.75) is 31.3 Å². The third kappa shape index (κ3) is 4.45. The summed E-state index contributed by atoms with van der Waals surface area (Å²) in [4.78, 5) is 24.7. The molecule has 0 spiro atoms. The molecule has 1 aliphatic rings. The van der Waals surface area contributed by atoms with E-state index in [2.05, 4.69) is 11.4 Å². The molecule has 0 radical (unpaired) electrons. The van der Waals surface area contributed by atoms with Gasteiger partial charge in [0, 0.05) is 13.0 Å². The van der Waals surface area contributed by atoms with Crippen LogP contribution in [0.25, 0.3) is 11.1 Å². The topological polar surface area (TPSA) is 93.4 Å². The van der Waals surface area contributed by atoms with Crippen molar-refractivity contribution < 1.29 is 14.7 Å². The first-order valence-corrected chi connectivity index (χ1v) is 8.92. The summed E-state index contributed by atoms with van der Waals surface area (Å²) >= 11 is 0. The highest BCUT2D eigenvalue weighted by atomic mass is 16.4. The van der Waals surface area contributed by atoms with Crippen molar-refractivity contribution in [3.05, 3.63) is 60.2 Å². The summed E-state index contributed by atoms with van der Waals surface area (Å²) in [6.07, 6.45) is 0.416. The van der Waals surface area contributed by atoms with Gasteiger partial charge in [-0.25, -0.2) is 4.79 Å². The third-order valence-electron chi connectivity index (χ3n) is 4.77. The molecule has 27 heavy (non-hydrogen) atoms. The number of nitrogens with one attached hydrogen (secondary N) is 1. The van der Waals surface area contributed by atoms with E-state index in [1.807, 2.05) is 54.6 Å². The lowest BCUT2D eigenvalue weighted by molar-refractivity contribution is -0.125. The number of carbonyl (C=O) groups excluding carboxylic acids is 1. The second kappa shape index (κ2) is 8.37. The van der Waals surface area contributed by atoms with E-state index < -0.39 is 24.1 Å². The lowest BCUT2D eigenvalue weighted by Gasteiger charge is -2.22. The van der Waals surface area contributed by atoms with Crippen LogP contribution < -0.4 is 5.32 Å². The Morgan fingerprint density at radius 2 is 1.81 bits per heavy atom. The molecule has 2 atom stereocenters. The van der Waals surface area contributed by atoms with Crippen LogP contribution in [0.5, 0.6) is 0 Å². The largest absolute Gasteiger partial charge is 0.465 e. The molecule has 1 saturated heterocycles. The maximum absolute atomic E-state index is 12.4. The highest BCUT2D eigenvalue weighted by Gasteiger charge is 2.34. The summed E-state index contributed by atoms with van der Waals surface area (Å²) in [7, 11) is 0. The maximum Gasteiger partial charge on any atom is 0.407 e. The molecule has 0 aliphatic carbocycles. The first-order valence-electron chi connectivity index (χ1n) is 8.92. The van der Waals surface area contributed by atoms with Gasteiger partial charge in [-0.1, -0.05) is 54.6 Å². The third-order valence-corrected chi connectivity index (χ3v) is 4.77. The molecule has 0 aromatic heterocycles. The number of rotatable bonds is 5. The summed E-state index contributed by atoms with van der Waals surface area (Å²) in [5, 5.41) is 21.2. The van der Waals surface area contributed by atoms with Crippen LogP contribution in [0, 0.1) is 11.3 Å². The second-order valence-electron chi connectivity index (χ2n) is 6.59. The molecule has 0 saturated carbocycles. The van der Waals surface area contributed by atoms with Crippen LogP contribution in [0.15, 0.2) is 54.6 Å². The molecule has 1 aliphatic heterocycles. The minimum Gasteiger partial charge on any atom is -0.465 e. The predicted octanol–water partition coefficient (Wildman–Crippen LogP) is 3.05. The van der Waals surface area contributed by atoms with Gasteiger partial charge in [-0.3, -0.25) is 9.69 Å². The Balaban J connectivity index is 1.62. The van der Waals surface area contributed by atoms with Gasteiger partial charge in [0.05, 0.1) is 6.07 Å². The Kier molecular flexibility index (Phi) is 5.72. The summed E-state index contributed by atoms with van der Waals surface area (Å²) in [5.41, 5.74) is 3.13. The molecule has 1 fully saturated rings. The van der Waals surface area contributed by atoms with Crippen LogP contribution in [-0.2, 0) is 11.2 Å². The zero-order chi connectivity index (χ0) is 19.2. The second-order valence-corrected chi connectivity index (χ2v) is 6.59. The number of carbonyl (C=O) groups is 2. The number of carboxylic acid groups (broad SMARTS) is 1. The first kappa shape index (κ1) is 18.5. The van der Waals surface area contributed by atoms with Crippen LogP contribution in [0.4, 0.5) is 4.79 Å². The normalized spacial score (nSPS) is 17.1. The van der Waals surface area contributed by atoms with Crippen molar-refractivity contribution in [2.75, 3.05) is 6.54 Å². The fourth-order valence-corrected chi connectivity index (χ4v) is 3.36. The van der Waals surface area contributed by atoms with E-state index in [1.165, 1.54) is 0 Å². The SMILES string of the molecule is N#CC(Cc1ccc(-c2ccccc2)cc1)NC(=O)C1CCCN1C(=O)O. The molecule has 6 nitrogen and oxygen atoms in total. The van der Waals surface area contributed by atoms with Gasteiger partial charge in [0.15, 0.2) is 0 Å². The van der Waals surface area contributed by atoms with Crippen LogP contribution in [0.3, 0.4) is 0 Å². The molecule has 138 valence electrons. The number of benzene rings is 2. The van der Waals surface area contributed by atoms with E-state index >= 15 is 0 Å². The van der Waals surface area contributed by atoms with Crippen molar-refractivity contribution in [2.24, 2.45) is 0 Å². The van der Waals surface area contributed by atoms with Crippen molar-refractivity contribution in [3.63, 3.8) is 0 Å². The number of hydrogen-bond donors (Lipinski definition) is 2. The van der Waals surface area contributed by atoms with Gasteiger partial charge in [0.2, 0.25) is 5.91 Å². The monoisotopic (exact) mass is 363 g/mol. The number of nitrogens with zero attached hydrogens (tertiary/aromatic N) is 2. The number of amides is 2. The number of nitriles is 1. The van der Waals surface area contributed by atoms with Crippen molar-refractivity contribution in [1.29, 1.82) is 5.26 Å². The molecule has 6 heteroatoms. The summed E-state index contributed by atoms with van der Waals surface area (Å²) in [6, 6.07) is 18.5. The predicted molar refractivity (Wildman–Crippen MR) is 101 cm³/mol. The van der Waals surface area contributed by atoms with Crippen LogP contribution in [0.1, 0.15) is 18.4 Å². The average molecular weight is 363 g/mol. The van der Waals surface area contributed by atoms with E-state index in [-0.39, 0.29) is 0 Å². The molecular formula is C21H21N3O3. The lowest BCUT2D eigenvalue weighted by Crippen LogP contribution is -2.48. The van der Waals surface area contributed by atoms with Gasteiger partial charge in [-0.2, -0.15) is 5.26 Å². The molecule has 1 heterocycles. The maximum atomic E-state index is 12.4. The number of likely N-dealkylation sites (tertiary alicyclic amines) is 1. The summed E-state index contributed by atoms with van der Waals surface area (Å²) in [6.45, 7) is 0.353. The molecule has 2 amide bonds. The van der Waals surface area contributed by atoms with Crippen LogP contribution in [0.2, 0.25) is 0 Å². The van der Waals surface area contributed by atoms with Crippen LogP contribution >= 0.6 is 0 Å². The number of hydrogen-bond acceptors (Lipinski definition) is 3. The minimum atomic E-state index is -1.10. The zero-order valence-electron chi connectivity index (χ0n) is 14.8. The van der Waals surface area contributed by atoms with Crippen LogP contribution in [-0.4, -0.2) is 40.6 Å². The van der Waals surface area contributed by atoms with Gasteiger partial charge in [-0.15, -0.1) is 0 Å². The smallest absolute Gasteiger partial charge is 0.407 e. The van der Waals surface area contributed by atoms with Crippen molar-refractivity contribution in [3.8, 4) is 17.2 Å². The molecule has 0 bridgehead atoms. The van der Waals surface area contributed by atoms with Gasteiger partial charge >= 0.3 is 6.09 Å². The average Bonchev–Trinajstić information content (AvgIpc) is 3.19. The molecule has 2 unspecified atom stereocenters. The summed E-state index contributed by atoms with van der Waals surface area (Å²) < 4.78 is 0. The van der Waals surface area contributed by atoms with Gasteiger partial charge in [0.1, 0.15) is 12.1 Å². The standard InChI is InChI=1S/C21H21N3O3/c22-14-18(23-20(25)19-7-4-12-24(19)21(26)27)13-15-8-10-17(11-9-15)16-5-2-1-3-6-16/h1-3,5-6,8-11,18-19H,4,7,12-13H2,(H,23,25)(H,26,27). The Hall–Kier alpha value is -3.33. The molecular weight excluding hydrogens is 342 g/mol.